The van der Waals surface area contributed by atoms with Crippen LogP contribution < -0.4 is 4.74 Å². The Hall–Kier alpha value is -1.42. The second kappa shape index (κ2) is 4.00. The van der Waals surface area contributed by atoms with E-state index in [1.807, 2.05) is 0 Å². The highest BCUT2D eigenvalue weighted by Gasteiger charge is 2.08. The summed E-state index contributed by atoms with van der Waals surface area (Å²) < 4.78 is 4.92. The Labute approximate surface area is 81.0 Å². The van der Waals surface area contributed by atoms with Crippen molar-refractivity contribution in [2.75, 3.05) is 7.11 Å². The first-order chi connectivity index (χ1) is 6.15. The number of ether oxygens (including phenoxy) is 1. The molecule has 0 unspecified atom stereocenters. The summed E-state index contributed by atoms with van der Waals surface area (Å²) in [7, 11) is 1.55. The molecule has 0 atom stereocenters. The van der Waals surface area contributed by atoms with E-state index in [0.29, 0.717) is 11.3 Å². The smallest absolute Gasteiger partial charge is 0.347 e. The zero-order valence-corrected chi connectivity index (χ0v) is 7.80. The summed E-state index contributed by atoms with van der Waals surface area (Å²) >= 11 is 4.68. The molecular formula is C9H8O3S. The lowest BCUT2D eigenvalue weighted by atomic mass is 10.1. The van der Waals surface area contributed by atoms with E-state index < -0.39 is 5.97 Å². The molecule has 0 aliphatic heterocycles. The maximum atomic E-state index is 10.5. The monoisotopic (exact) mass is 196 g/mol. The fourth-order valence-corrected chi connectivity index (χ4v) is 1.00. The number of rotatable bonds is 3. The Morgan fingerprint density at radius 1 is 1.38 bits per heavy atom. The van der Waals surface area contributed by atoms with Gasteiger partial charge in [-0.1, -0.05) is 12.2 Å². The van der Waals surface area contributed by atoms with Crippen molar-refractivity contribution in [3.05, 3.63) is 29.8 Å². The topological polar surface area (TPSA) is 46.5 Å². The van der Waals surface area contributed by atoms with Crippen molar-refractivity contribution in [3.63, 3.8) is 0 Å². The van der Waals surface area contributed by atoms with Crippen LogP contribution in [0.4, 0.5) is 0 Å². The Morgan fingerprint density at radius 3 is 2.31 bits per heavy atom. The molecule has 3 nitrogen and oxygen atoms in total. The van der Waals surface area contributed by atoms with Crippen LogP contribution in [0.1, 0.15) is 5.56 Å². The second-order valence-corrected chi connectivity index (χ2v) is 2.77. The second-order valence-electron chi connectivity index (χ2n) is 2.36. The quantitative estimate of drug-likeness (QED) is 0.587. The highest BCUT2D eigenvalue weighted by atomic mass is 32.1. The van der Waals surface area contributed by atoms with Gasteiger partial charge in [-0.3, -0.25) is 0 Å². The highest BCUT2D eigenvalue weighted by molar-refractivity contribution is 7.82. The average molecular weight is 196 g/mol. The largest absolute Gasteiger partial charge is 0.497 e. The van der Waals surface area contributed by atoms with Gasteiger partial charge in [-0.05, 0) is 24.3 Å². The summed E-state index contributed by atoms with van der Waals surface area (Å²) in [6.07, 6.45) is 0. The minimum atomic E-state index is -1.08. The number of benzene rings is 1. The van der Waals surface area contributed by atoms with Gasteiger partial charge in [0, 0.05) is 5.56 Å². The van der Waals surface area contributed by atoms with E-state index in [1.54, 1.807) is 31.4 Å². The van der Waals surface area contributed by atoms with Crippen molar-refractivity contribution in [1.82, 2.24) is 0 Å². The molecule has 1 N–H and O–H groups in total. The number of aliphatic carboxylic acids is 1. The molecule has 0 aromatic heterocycles. The fourth-order valence-electron chi connectivity index (χ4n) is 0.866. The molecule has 0 aliphatic rings. The number of carboxylic acid groups (broad SMARTS) is 1. The van der Waals surface area contributed by atoms with Crippen molar-refractivity contribution in [3.8, 4) is 5.75 Å². The predicted octanol–water partition coefficient (Wildman–Crippen LogP) is 1.50. The van der Waals surface area contributed by atoms with E-state index >= 15 is 0 Å². The molecule has 0 fully saturated rings. The predicted molar refractivity (Wildman–Crippen MR) is 52.3 cm³/mol. The van der Waals surface area contributed by atoms with Gasteiger partial charge in [0.2, 0.25) is 0 Å². The van der Waals surface area contributed by atoms with Crippen molar-refractivity contribution in [1.29, 1.82) is 0 Å². The molecule has 1 rings (SSSR count). The first kappa shape index (κ1) is 9.67. The van der Waals surface area contributed by atoms with Gasteiger partial charge < -0.3 is 9.84 Å². The fraction of sp³-hybridized carbons (Fsp3) is 0.111. The molecule has 68 valence electrons. The summed E-state index contributed by atoms with van der Waals surface area (Å²) in [5.41, 5.74) is 0.517. The average Bonchev–Trinajstić information content (AvgIpc) is 2.17. The molecule has 4 heteroatoms. The van der Waals surface area contributed by atoms with Crippen molar-refractivity contribution >= 4 is 23.1 Å². The Kier molecular flexibility index (Phi) is 2.97. The maximum absolute atomic E-state index is 10.5. The van der Waals surface area contributed by atoms with Gasteiger partial charge >= 0.3 is 5.97 Å². The van der Waals surface area contributed by atoms with Gasteiger partial charge in [0.25, 0.3) is 0 Å². The van der Waals surface area contributed by atoms with Crippen LogP contribution in [0.5, 0.6) is 5.75 Å². The van der Waals surface area contributed by atoms with Crippen LogP contribution in [0, 0.1) is 0 Å². The molecule has 0 radical (unpaired) electrons. The van der Waals surface area contributed by atoms with Gasteiger partial charge in [0.15, 0.2) is 0 Å². The number of methoxy groups -OCH3 is 1. The van der Waals surface area contributed by atoms with E-state index in [-0.39, 0.29) is 4.86 Å². The lowest BCUT2D eigenvalue weighted by molar-refractivity contribution is -0.129. The highest BCUT2D eigenvalue weighted by Crippen LogP contribution is 2.12. The molecule has 0 saturated carbocycles. The van der Waals surface area contributed by atoms with Gasteiger partial charge in [-0.15, -0.1) is 0 Å². The van der Waals surface area contributed by atoms with Gasteiger partial charge in [-0.2, -0.15) is 0 Å². The van der Waals surface area contributed by atoms with Crippen molar-refractivity contribution in [2.24, 2.45) is 0 Å². The van der Waals surface area contributed by atoms with Crippen LogP contribution >= 0.6 is 12.2 Å². The molecule has 13 heavy (non-hydrogen) atoms. The summed E-state index contributed by atoms with van der Waals surface area (Å²) in [5.74, 6) is -0.405. The molecule has 0 saturated heterocycles. The van der Waals surface area contributed by atoms with Crippen LogP contribution in [0.2, 0.25) is 0 Å². The van der Waals surface area contributed by atoms with E-state index in [1.165, 1.54) is 0 Å². The summed E-state index contributed by atoms with van der Waals surface area (Å²) in [6, 6.07) is 6.58. The standard InChI is InChI=1S/C9H8O3S/c1-12-7-4-2-6(3-5-7)8(13)9(10)11/h2-5H,1H3,(H,10,11). The van der Waals surface area contributed by atoms with Gasteiger partial charge in [0.05, 0.1) is 7.11 Å². The lowest BCUT2D eigenvalue weighted by Gasteiger charge is -2.01. The normalized spacial score (nSPS) is 9.31. The number of carbonyl (C=O) groups is 1. The van der Waals surface area contributed by atoms with Crippen LogP contribution in [0.15, 0.2) is 24.3 Å². The van der Waals surface area contributed by atoms with E-state index in [9.17, 15) is 4.79 Å². The Bertz CT molecular complexity index is 329. The Morgan fingerprint density at radius 2 is 1.92 bits per heavy atom. The first-order valence-corrected chi connectivity index (χ1v) is 3.97. The summed E-state index contributed by atoms with van der Waals surface area (Å²) in [6.45, 7) is 0. The first-order valence-electron chi connectivity index (χ1n) is 3.57. The minimum absolute atomic E-state index is 0.0809. The summed E-state index contributed by atoms with van der Waals surface area (Å²) in [4.78, 5) is 10.4. The molecule has 0 aliphatic carbocycles. The number of hydrogen-bond donors (Lipinski definition) is 1. The van der Waals surface area contributed by atoms with Crippen molar-refractivity contribution in [2.45, 2.75) is 0 Å². The van der Waals surface area contributed by atoms with Crippen LogP contribution in [0.25, 0.3) is 0 Å². The number of carboxylic acids is 1. The van der Waals surface area contributed by atoms with E-state index in [4.69, 9.17) is 9.84 Å². The molecule has 0 amide bonds. The zero-order valence-electron chi connectivity index (χ0n) is 6.98. The van der Waals surface area contributed by atoms with E-state index in [2.05, 4.69) is 12.2 Å². The van der Waals surface area contributed by atoms with Crippen LogP contribution in [-0.4, -0.2) is 23.1 Å². The van der Waals surface area contributed by atoms with Gasteiger partial charge in [0.1, 0.15) is 10.6 Å². The molecule has 1 aromatic rings. The Balaban J connectivity index is 2.92. The third-order valence-electron chi connectivity index (χ3n) is 1.55. The minimum Gasteiger partial charge on any atom is -0.497 e. The van der Waals surface area contributed by atoms with Crippen molar-refractivity contribution < 1.29 is 14.6 Å². The summed E-state index contributed by atoms with van der Waals surface area (Å²) in [5, 5.41) is 8.59. The van der Waals surface area contributed by atoms with Crippen LogP contribution in [-0.2, 0) is 4.79 Å². The molecule has 0 spiro atoms. The third-order valence-corrected chi connectivity index (χ3v) is 1.96. The number of thiocarbonyl (C=S) groups is 1. The molecule has 1 aromatic carbocycles. The SMILES string of the molecule is COc1ccc(C(=S)C(=O)O)cc1. The lowest BCUT2D eigenvalue weighted by Crippen LogP contribution is -2.10. The molecule has 0 heterocycles. The van der Waals surface area contributed by atoms with E-state index in [0.717, 1.165) is 0 Å². The molecular weight excluding hydrogens is 188 g/mol. The maximum Gasteiger partial charge on any atom is 0.347 e. The number of hydrogen-bond acceptors (Lipinski definition) is 3. The zero-order chi connectivity index (χ0) is 9.84. The van der Waals surface area contributed by atoms with Gasteiger partial charge in [-0.25, -0.2) is 4.79 Å². The third kappa shape index (κ3) is 2.26. The van der Waals surface area contributed by atoms with Crippen LogP contribution in [0.3, 0.4) is 0 Å². The molecule has 0 bridgehead atoms.